The second-order valence-corrected chi connectivity index (χ2v) is 5.67. The van der Waals surface area contributed by atoms with Crippen LogP contribution in [0.5, 0.6) is 0 Å². The summed E-state index contributed by atoms with van der Waals surface area (Å²) in [7, 11) is 0. The molecule has 0 radical (unpaired) electrons. The number of nitrogens with zero attached hydrogens (tertiary/aromatic N) is 1. The van der Waals surface area contributed by atoms with E-state index in [9.17, 15) is 13.6 Å². The van der Waals surface area contributed by atoms with E-state index in [1.807, 2.05) is 0 Å². The van der Waals surface area contributed by atoms with Gasteiger partial charge in [0, 0.05) is 23.2 Å². The van der Waals surface area contributed by atoms with Crippen molar-refractivity contribution in [1.82, 2.24) is 4.90 Å². The molecule has 1 amide bonds. The number of halogens is 3. The zero-order valence-electron chi connectivity index (χ0n) is 11.2. The van der Waals surface area contributed by atoms with Gasteiger partial charge in [-0.05, 0) is 37.9 Å². The van der Waals surface area contributed by atoms with Crippen LogP contribution in [0, 0.1) is 5.92 Å². The van der Waals surface area contributed by atoms with Crippen LogP contribution in [-0.4, -0.2) is 29.9 Å². The fourth-order valence-corrected chi connectivity index (χ4v) is 2.77. The smallest absolute Gasteiger partial charge is 0.334 e. The monoisotopic (exact) mass is 302 g/mol. The minimum absolute atomic E-state index is 0.0871. The fraction of sp³-hybridized carbons (Fsp3) is 0.500. The minimum Gasteiger partial charge on any atom is -0.334 e. The highest BCUT2D eigenvalue weighted by Crippen LogP contribution is 2.35. The lowest BCUT2D eigenvalue weighted by atomic mass is 10.1. The van der Waals surface area contributed by atoms with Gasteiger partial charge in [0.1, 0.15) is 0 Å². The third-order valence-electron chi connectivity index (χ3n) is 3.71. The fourth-order valence-electron chi connectivity index (χ4n) is 2.58. The van der Waals surface area contributed by atoms with Crippen LogP contribution < -0.4 is 5.73 Å². The van der Waals surface area contributed by atoms with Crippen molar-refractivity contribution in [3.05, 3.63) is 34.9 Å². The molecule has 1 fully saturated rings. The Morgan fingerprint density at radius 2 is 2.25 bits per heavy atom. The molecule has 0 aromatic heterocycles. The molecule has 0 bridgehead atoms. The molecule has 0 saturated carbocycles. The Bertz CT molecular complexity index is 510. The summed E-state index contributed by atoms with van der Waals surface area (Å²) >= 11 is 5.71. The van der Waals surface area contributed by atoms with E-state index in [0.717, 1.165) is 6.07 Å². The van der Waals surface area contributed by atoms with Gasteiger partial charge >= 0.3 is 5.92 Å². The number of rotatable bonds is 3. The van der Waals surface area contributed by atoms with E-state index in [4.69, 9.17) is 17.3 Å². The molecular formula is C14H17ClF2N2O. The van der Waals surface area contributed by atoms with Gasteiger partial charge < -0.3 is 10.6 Å². The zero-order valence-corrected chi connectivity index (χ0v) is 11.9. The van der Waals surface area contributed by atoms with Crippen molar-refractivity contribution in [3.8, 4) is 0 Å². The van der Waals surface area contributed by atoms with Crippen LogP contribution in [0.1, 0.15) is 18.9 Å². The van der Waals surface area contributed by atoms with Crippen molar-refractivity contribution in [3.63, 3.8) is 0 Å². The molecule has 3 nitrogen and oxygen atoms in total. The number of carbonyl (C=O) groups is 1. The number of likely N-dealkylation sites (tertiary alicyclic amines) is 1. The number of amides is 1. The van der Waals surface area contributed by atoms with E-state index in [1.165, 1.54) is 23.1 Å². The average Bonchev–Trinajstić information content (AvgIpc) is 2.79. The van der Waals surface area contributed by atoms with Crippen molar-refractivity contribution in [2.75, 3.05) is 13.1 Å². The number of hydrogen-bond donors (Lipinski definition) is 1. The molecule has 110 valence electrons. The van der Waals surface area contributed by atoms with Gasteiger partial charge in [-0.25, -0.2) is 0 Å². The van der Waals surface area contributed by atoms with E-state index in [2.05, 4.69) is 0 Å². The van der Waals surface area contributed by atoms with Gasteiger partial charge in [0.2, 0.25) is 0 Å². The first-order chi connectivity index (χ1) is 9.36. The summed E-state index contributed by atoms with van der Waals surface area (Å²) in [5.41, 5.74) is 5.18. The summed E-state index contributed by atoms with van der Waals surface area (Å²) in [5.74, 6) is -4.66. The van der Waals surface area contributed by atoms with Crippen LogP contribution in [0.3, 0.4) is 0 Å². The summed E-state index contributed by atoms with van der Waals surface area (Å²) in [6.07, 6.45) is 0.661. The first-order valence-electron chi connectivity index (χ1n) is 6.51. The van der Waals surface area contributed by atoms with Crippen LogP contribution in [0.25, 0.3) is 0 Å². The van der Waals surface area contributed by atoms with E-state index >= 15 is 0 Å². The summed E-state index contributed by atoms with van der Waals surface area (Å²) in [4.78, 5) is 13.4. The highest BCUT2D eigenvalue weighted by atomic mass is 35.5. The molecule has 0 spiro atoms. The molecule has 20 heavy (non-hydrogen) atoms. The van der Waals surface area contributed by atoms with Gasteiger partial charge in [0.15, 0.2) is 0 Å². The highest BCUT2D eigenvalue weighted by molar-refractivity contribution is 6.30. The normalized spacial score (nSPS) is 23.1. The summed E-state index contributed by atoms with van der Waals surface area (Å²) < 4.78 is 28.6. The topological polar surface area (TPSA) is 46.3 Å². The van der Waals surface area contributed by atoms with Gasteiger partial charge in [-0.15, -0.1) is 0 Å². The van der Waals surface area contributed by atoms with Crippen LogP contribution in [0.15, 0.2) is 24.3 Å². The van der Waals surface area contributed by atoms with Crippen molar-refractivity contribution in [2.45, 2.75) is 25.3 Å². The largest absolute Gasteiger partial charge is 0.350 e. The number of carbonyl (C=O) groups excluding carboxylic acids is 1. The Kier molecular flexibility index (Phi) is 4.30. The maximum atomic E-state index is 14.3. The highest BCUT2D eigenvalue weighted by Gasteiger charge is 2.47. The maximum Gasteiger partial charge on any atom is 0.350 e. The van der Waals surface area contributed by atoms with Gasteiger partial charge in [-0.2, -0.15) is 8.78 Å². The number of benzene rings is 1. The lowest BCUT2D eigenvalue weighted by Gasteiger charge is -2.26. The predicted octanol–water partition coefficient (Wildman–Crippen LogP) is 2.63. The number of alkyl halides is 2. The van der Waals surface area contributed by atoms with E-state index < -0.39 is 11.8 Å². The molecule has 2 atom stereocenters. The van der Waals surface area contributed by atoms with E-state index in [0.29, 0.717) is 13.0 Å². The van der Waals surface area contributed by atoms with Crippen molar-refractivity contribution in [2.24, 2.45) is 11.7 Å². The third-order valence-corrected chi connectivity index (χ3v) is 3.95. The third kappa shape index (κ3) is 2.79. The first kappa shape index (κ1) is 15.2. The molecule has 1 saturated heterocycles. The second kappa shape index (κ2) is 5.66. The van der Waals surface area contributed by atoms with Crippen LogP contribution in [-0.2, 0) is 10.7 Å². The van der Waals surface area contributed by atoms with Gasteiger partial charge in [-0.1, -0.05) is 23.7 Å². The molecular weight excluding hydrogens is 286 g/mol. The van der Waals surface area contributed by atoms with Crippen LogP contribution in [0.2, 0.25) is 5.02 Å². The molecule has 2 rings (SSSR count). The molecule has 1 aromatic rings. The molecule has 1 aliphatic heterocycles. The van der Waals surface area contributed by atoms with Gasteiger partial charge in [0.25, 0.3) is 5.91 Å². The quantitative estimate of drug-likeness (QED) is 0.933. The number of hydrogen-bond acceptors (Lipinski definition) is 2. The Hall–Kier alpha value is -1.20. The Balaban J connectivity index is 2.23. The summed E-state index contributed by atoms with van der Waals surface area (Å²) in [5, 5.41) is 0.185. The molecule has 2 unspecified atom stereocenters. The SMILES string of the molecule is CC1CC(CN)CN1C(=O)C(F)(F)c1cccc(Cl)c1. The summed E-state index contributed by atoms with van der Waals surface area (Å²) in [6, 6.07) is 5.02. The molecule has 1 aromatic carbocycles. The lowest BCUT2D eigenvalue weighted by molar-refractivity contribution is -0.159. The van der Waals surface area contributed by atoms with Crippen molar-refractivity contribution < 1.29 is 13.6 Å². The zero-order chi connectivity index (χ0) is 14.9. The van der Waals surface area contributed by atoms with E-state index in [-0.39, 0.29) is 29.1 Å². The van der Waals surface area contributed by atoms with Crippen molar-refractivity contribution >= 4 is 17.5 Å². The van der Waals surface area contributed by atoms with Crippen molar-refractivity contribution in [1.29, 1.82) is 0 Å². The average molecular weight is 303 g/mol. The van der Waals surface area contributed by atoms with Crippen LogP contribution >= 0.6 is 11.6 Å². The van der Waals surface area contributed by atoms with Crippen LogP contribution in [0.4, 0.5) is 8.78 Å². The molecule has 1 heterocycles. The standard InChI is InChI=1S/C14H17ClF2N2O/c1-9-5-10(7-18)8-19(9)13(20)14(16,17)11-3-2-4-12(15)6-11/h2-4,6,9-10H,5,7-8,18H2,1H3. The van der Waals surface area contributed by atoms with Gasteiger partial charge in [-0.3, -0.25) is 4.79 Å². The molecule has 6 heteroatoms. The lowest BCUT2D eigenvalue weighted by Crippen LogP contribution is -2.44. The molecule has 1 aliphatic rings. The minimum atomic E-state index is -3.57. The maximum absolute atomic E-state index is 14.3. The summed E-state index contributed by atoms with van der Waals surface area (Å²) in [6.45, 7) is 2.45. The Morgan fingerprint density at radius 1 is 1.55 bits per heavy atom. The first-order valence-corrected chi connectivity index (χ1v) is 6.89. The Morgan fingerprint density at radius 3 is 2.80 bits per heavy atom. The Labute approximate surface area is 121 Å². The second-order valence-electron chi connectivity index (χ2n) is 5.23. The predicted molar refractivity (Wildman–Crippen MR) is 73.7 cm³/mol. The molecule has 0 aliphatic carbocycles. The van der Waals surface area contributed by atoms with E-state index in [1.54, 1.807) is 6.92 Å². The number of nitrogens with two attached hydrogens (primary N) is 1. The van der Waals surface area contributed by atoms with Gasteiger partial charge in [0.05, 0.1) is 0 Å². The molecule has 2 N–H and O–H groups in total.